The summed E-state index contributed by atoms with van der Waals surface area (Å²) in [6, 6.07) is 12.2. The summed E-state index contributed by atoms with van der Waals surface area (Å²) in [6.45, 7) is 0. The fourth-order valence-corrected chi connectivity index (χ4v) is 2.44. The standard InChI is InChI=1S/C14H10BrClN2O/c15-12-4-3-9-7-11(2-1-10(9)8-12)14-18-17-13(19-14)5-6-16/h1-4,7-8H,5-6H2. The molecule has 0 spiro atoms. The summed E-state index contributed by atoms with van der Waals surface area (Å²) in [7, 11) is 0. The summed E-state index contributed by atoms with van der Waals surface area (Å²) in [6.07, 6.45) is 0.592. The smallest absolute Gasteiger partial charge is 0.247 e. The van der Waals surface area contributed by atoms with E-state index in [1.165, 1.54) is 5.39 Å². The fraction of sp³-hybridized carbons (Fsp3) is 0.143. The van der Waals surface area contributed by atoms with Gasteiger partial charge in [-0.25, -0.2) is 0 Å². The highest BCUT2D eigenvalue weighted by molar-refractivity contribution is 9.10. The third kappa shape index (κ3) is 2.65. The second-order valence-corrected chi connectivity index (χ2v) is 5.44. The molecule has 5 heteroatoms. The van der Waals surface area contributed by atoms with Crippen LogP contribution in [0.5, 0.6) is 0 Å². The molecule has 0 bridgehead atoms. The third-order valence-electron chi connectivity index (χ3n) is 2.82. The van der Waals surface area contributed by atoms with Gasteiger partial charge in [-0.1, -0.05) is 28.1 Å². The minimum Gasteiger partial charge on any atom is -0.421 e. The van der Waals surface area contributed by atoms with Crippen molar-refractivity contribution in [3.05, 3.63) is 46.8 Å². The molecule has 0 saturated heterocycles. The predicted octanol–water partition coefficient (Wildman–Crippen LogP) is 4.43. The van der Waals surface area contributed by atoms with E-state index < -0.39 is 0 Å². The zero-order valence-electron chi connectivity index (χ0n) is 9.94. The lowest BCUT2D eigenvalue weighted by atomic mass is 10.1. The van der Waals surface area contributed by atoms with Crippen molar-refractivity contribution < 1.29 is 4.42 Å². The molecule has 0 saturated carbocycles. The van der Waals surface area contributed by atoms with Gasteiger partial charge in [0.1, 0.15) is 0 Å². The Balaban J connectivity index is 2.02. The van der Waals surface area contributed by atoms with Crippen molar-refractivity contribution >= 4 is 38.3 Å². The van der Waals surface area contributed by atoms with Crippen LogP contribution in [-0.2, 0) is 6.42 Å². The molecule has 0 aliphatic heterocycles. The normalized spacial score (nSPS) is 11.1. The lowest BCUT2D eigenvalue weighted by Crippen LogP contribution is -1.84. The molecular formula is C14H10BrClN2O. The van der Waals surface area contributed by atoms with E-state index in [-0.39, 0.29) is 0 Å². The molecule has 2 aromatic carbocycles. The molecule has 0 fully saturated rings. The minimum absolute atomic E-state index is 0.480. The fourth-order valence-electron chi connectivity index (χ4n) is 1.90. The lowest BCUT2D eigenvalue weighted by molar-refractivity contribution is 0.514. The van der Waals surface area contributed by atoms with Gasteiger partial charge in [-0.3, -0.25) is 0 Å². The molecule has 0 aliphatic rings. The minimum atomic E-state index is 0.480. The number of hydrogen-bond acceptors (Lipinski definition) is 3. The number of benzene rings is 2. The first-order valence-corrected chi connectivity index (χ1v) is 7.17. The Labute approximate surface area is 123 Å². The molecule has 0 N–H and O–H groups in total. The molecule has 1 heterocycles. The van der Waals surface area contributed by atoms with Crippen LogP contribution in [0, 0.1) is 0 Å². The summed E-state index contributed by atoms with van der Waals surface area (Å²) in [5.41, 5.74) is 0.920. The molecule has 3 nitrogen and oxygen atoms in total. The lowest BCUT2D eigenvalue weighted by Gasteiger charge is -2.00. The van der Waals surface area contributed by atoms with Crippen molar-refractivity contribution in [1.29, 1.82) is 0 Å². The van der Waals surface area contributed by atoms with Crippen LogP contribution < -0.4 is 0 Å². The van der Waals surface area contributed by atoms with E-state index in [1.807, 2.05) is 24.3 Å². The molecule has 0 aliphatic carbocycles. The Kier molecular flexibility index (Phi) is 3.53. The summed E-state index contributed by atoms with van der Waals surface area (Å²) in [5, 5.41) is 10.3. The molecule has 1 aromatic heterocycles. The number of aryl methyl sites for hydroxylation is 1. The van der Waals surface area contributed by atoms with E-state index in [1.54, 1.807) is 0 Å². The van der Waals surface area contributed by atoms with Crippen molar-refractivity contribution in [2.75, 3.05) is 5.88 Å². The highest BCUT2D eigenvalue weighted by Gasteiger charge is 2.08. The van der Waals surface area contributed by atoms with Crippen molar-refractivity contribution in [3.63, 3.8) is 0 Å². The predicted molar refractivity (Wildman–Crippen MR) is 79.4 cm³/mol. The second-order valence-electron chi connectivity index (χ2n) is 4.15. The molecule has 0 atom stereocenters. The highest BCUT2D eigenvalue weighted by Crippen LogP contribution is 2.25. The highest BCUT2D eigenvalue weighted by atomic mass is 79.9. The van der Waals surface area contributed by atoms with Crippen LogP contribution in [0.3, 0.4) is 0 Å². The van der Waals surface area contributed by atoms with Gasteiger partial charge in [0.15, 0.2) is 0 Å². The molecule has 0 radical (unpaired) electrons. The van der Waals surface area contributed by atoms with E-state index in [2.05, 4.69) is 38.3 Å². The van der Waals surface area contributed by atoms with Gasteiger partial charge in [-0.15, -0.1) is 21.8 Å². The number of fused-ring (bicyclic) bond motifs is 1. The number of alkyl halides is 1. The molecule has 96 valence electrons. The van der Waals surface area contributed by atoms with Gasteiger partial charge in [0.05, 0.1) is 0 Å². The summed E-state index contributed by atoms with van der Waals surface area (Å²) in [4.78, 5) is 0. The van der Waals surface area contributed by atoms with E-state index in [4.69, 9.17) is 16.0 Å². The van der Waals surface area contributed by atoms with Crippen LogP contribution in [0.1, 0.15) is 5.89 Å². The number of nitrogens with zero attached hydrogens (tertiary/aromatic N) is 2. The Morgan fingerprint density at radius 3 is 2.68 bits per heavy atom. The molecule has 0 unspecified atom stereocenters. The van der Waals surface area contributed by atoms with E-state index in [0.29, 0.717) is 24.1 Å². The Bertz CT molecular complexity index is 726. The molecule has 3 rings (SSSR count). The van der Waals surface area contributed by atoms with E-state index in [9.17, 15) is 0 Å². The van der Waals surface area contributed by atoms with Gasteiger partial charge < -0.3 is 4.42 Å². The average Bonchev–Trinajstić information content (AvgIpc) is 2.87. The van der Waals surface area contributed by atoms with Crippen molar-refractivity contribution in [2.45, 2.75) is 6.42 Å². The van der Waals surface area contributed by atoms with Gasteiger partial charge >= 0.3 is 0 Å². The first kappa shape index (κ1) is 12.6. The Morgan fingerprint density at radius 2 is 1.84 bits per heavy atom. The zero-order valence-corrected chi connectivity index (χ0v) is 12.3. The van der Waals surface area contributed by atoms with Gasteiger partial charge in [0.2, 0.25) is 11.8 Å². The Morgan fingerprint density at radius 1 is 1.05 bits per heavy atom. The average molecular weight is 338 g/mol. The maximum atomic E-state index is 5.65. The second kappa shape index (κ2) is 5.31. The molecule has 0 amide bonds. The van der Waals surface area contributed by atoms with Crippen LogP contribution in [-0.4, -0.2) is 16.1 Å². The van der Waals surface area contributed by atoms with Crippen LogP contribution in [0.4, 0.5) is 0 Å². The van der Waals surface area contributed by atoms with Crippen molar-refractivity contribution in [1.82, 2.24) is 10.2 Å². The quantitative estimate of drug-likeness (QED) is 0.664. The third-order valence-corrected chi connectivity index (χ3v) is 3.51. The molecule has 19 heavy (non-hydrogen) atoms. The summed E-state index contributed by atoms with van der Waals surface area (Å²) >= 11 is 9.12. The number of halogens is 2. The summed E-state index contributed by atoms with van der Waals surface area (Å²) in [5.74, 6) is 1.58. The maximum Gasteiger partial charge on any atom is 0.247 e. The monoisotopic (exact) mass is 336 g/mol. The largest absolute Gasteiger partial charge is 0.421 e. The zero-order chi connectivity index (χ0) is 13.2. The van der Waals surface area contributed by atoms with Crippen LogP contribution >= 0.6 is 27.5 Å². The number of rotatable bonds is 3. The van der Waals surface area contributed by atoms with Crippen LogP contribution in [0.15, 0.2) is 45.3 Å². The first-order chi connectivity index (χ1) is 9.26. The molecular weight excluding hydrogens is 328 g/mol. The van der Waals surface area contributed by atoms with Gasteiger partial charge in [-0.05, 0) is 35.0 Å². The summed E-state index contributed by atoms with van der Waals surface area (Å²) < 4.78 is 6.63. The van der Waals surface area contributed by atoms with Gasteiger partial charge in [-0.2, -0.15) is 0 Å². The first-order valence-electron chi connectivity index (χ1n) is 5.84. The SMILES string of the molecule is ClCCc1nnc(-c2ccc3cc(Br)ccc3c2)o1. The van der Waals surface area contributed by atoms with Gasteiger partial charge in [0.25, 0.3) is 0 Å². The van der Waals surface area contributed by atoms with E-state index in [0.717, 1.165) is 15.4 Å². The van der Waals surface area contributed by atoms with Crippen LogP contribution in [0.25, 0.3) is 22.2 Å². The Hall–Kier alpha value is -1.39. The van der Waals surface area contributed by atoms with Crippen LogP contribution in [0.2, 0.25) is 0 Å². The van der Waals surface area contributed by atoms with Gasteiger partial charge in [0, 0.05) is 22.3 Å². The van der Waals surface area contributed by atoms with Crippen molar-refractivity contribution in [3.8, 4) is 11.5 Å². The topological polar surface area (TPSA) is 38.9 Å². The van der Waals surface area contributed by atoms with Crippen molar-refractivity contribution in [2.24, 2.45) is 0 Å². The van der Waals surface area contributed by atoms with E-state index >= 15 is 0 Å². The molecule has 3 aromatic rings. The number of hydrogen-bond donors (Lipinski definition) is 0. The number of aromatic nitrogens is 2. The maximum absolute atomic E-state index is 5.65.